The summed E-state index contributed by atoms with van der Waals surface area (Å²) in [7, 11) is 0. The topological polar surface area (TPSA) is 94.5 Å². The number of hydrogen-bond donors (Lipinski definition) is 2. The lowest BCUT2D eigenvalue weighted by atomic mass is 10.0. The third-order valence-electron chi connectivity index (χ3n) is 5.12. The number of rotatable bonds is 5. The van der Waals surface area contributed by atoms with Crippen LogP contribution < -0.4 is 21.1 Å². The number of para-hydroxylation sites is 1. The first-order chi connectivity index (χ1) is 14.1. The van der Waals surface area contributed by atoms with Crippen LogP contribution in [0.2, 0.25) is 0 Å². The second-order valence-electron chi connectivity index (χ2n) is 7.19. The fourth-order valence-corrected chi connectivity index (χ4v) is 3.48. The third kappa shape index (κ3) is 4.38. The predicted octanol–water partition coefficient (Wildman–Crippen LogP) is 3.57. The van der Waals surface area contributed by atoms with E-state index in [0.29, 0.717) is 17.0 Å². The number of nitrogens with two attached hydrogens (primary N) is 2. The van der Waals surface area contributed by atoms with Crippen LogP contribution in [0.4, 0.5) is 5.82 Å². The molecule has 148 valence electrons. The largest absolute Gasteiger partial charge is 0.457 e. The van der Waals surface area contributed by atoms with Gasteiger partial charge in [0.25, 0.3) is 5.91 Å². The lowest BCUT2D eigenvalue weighted by Crippen LogP contribution is -2.40. The van der Waals surface area contributed by atoms with Crippen molar-refractivity contribution in [1.82, 2.24) is 4.98 Å². The lowest BCUT2D eigenvalue weighted by molar-refractivity contribution is 0.100. The van der Waals surface area contributed by atoms with Crippen molar-refractivity contribution < 1.29 is 9.53 Å². The van der Waals surface area contributed by atoms with Crippen molar-refractivity contribution >= 4 is 11.7 Å². The van der Waals surface area contributed by atoms with E-state index in [1.54, 1.807) is 6.07 Å². The van der Waals surface area contributed by atoms with E-state index in [2.05, 4.69) is 4.90 Å². The molecule has 3 aromatic rings. The van der Waals surface area contributed by atoms with Crippen molar-refractivity contribution in [2.45, 2.75) is 18.9 Å². The zero-order valence-corrected chi connectivity index (χ0v) is 16.1. The molecule has 2 aromatic carbocycles. The Morgan fingerprint density at radius 3 is 2.24 bits per heavy atom. The molecule has 1 aliphatic rings. The maximum absolute atomic E-state index is 12.0. The van der Waals surface area contributed by atoms with Crippen molar-refractivity contribution in [2.24, 2.45) is 11.5 Å². The molecule has 0 radical (unpaired) electrons. The number of primary amides is 1. The summed E-state index contributed by atoms with van der Waals surface area (Å²) in [6.45, 7) is 1.71. The van der Waals surface area contributed by atoms with E-state index in [4.69, 9.17) is 21.2 Å². The summed E-state index contributed by atoms with van der Waals surface area (Å²) < 4.78 is 5.84. The van der Waals surface area contributed by atoms with Gasteiger partial charge in [-0.25, -0.2) is 4.98 Å². The van der Waals surface area contributed by atoms with Gasteiger partial charge in [0.2, 0.25) is 0 Å². The van der Waals surface area contributed by atoms with Gasteiger partial charge >= 0.3 is 0 Å². The Labute approximate surface area is 170 Å². The standard InChI is InChI=1S/C23H24N4O2/c24-17-12-14-27(15-13-17)21-11-10-20(23(25)28)22(26-21)16-6-8-19(9-7-16)29-18-4-2-1-3-5-18/h1-11,17H,12-15,24H2,(H2,25,28). The Hall–Kier alpha value is -3.38. The fourth-order valence-electron chi connectivity index (χ4n) is 3.48. The second kappa shape index (κ2) is 8.32. The number of carbonyl (C=O) groups is 1. The molecule has 0 bridgehead atoms. The van der Waals surface area contributed by atoms with Gasteiger partial charge in [0.05, 0.1) is 11.3 Å². The van der Waals surface area contributed by atoms with Gasteiger partial charge < -0.3 is 21.1 Å². The van der Waals surface area contributed by atoms with Gasteiger partial charge in [-0.3, -0.25) is 4.79 Å². The van der Waals surface area contributed by atoms with Crippen LogP contribution >= 0.6 is 0 Å². The molecule has 6 heteroatoms. The molecule has 1 saturated heterocycles. The maximum Gasteiger partial charge on any atom is 0.250 e. The molecule has 1 amide bonds. The van der Waals surface area contributed by atoms with Gasteiger partial charge in [0, 0.05) is 24.7 Å². The van der Waals surface area contributed by atoms with Gasteiger partial charge in [-0.2, -0.15) is 0 Å². The summed E-state index contributed by atoms with van der Waals surface area (Å²) in [4.78, 5) is 18.9. The van der Waals surface area contributed by atoms with Crippen molar-refractivity contribution in [3.8, 4) is 22.8 Å². The van der Waals surface area contributed by atoms with Crippen LogP contribution in [0.15, 0.2) is 66.7 Å². The van der Waals surface area contributed by atoms with Gasteiger partial charge in [-0.05, 0) is 61.4 Å². The minimum Gasteiger partial charge on any atom is -0.457 e. The third-order valence-corrected chi connectivity index (χ3v) is 5.12. The Bertz CT molecular complexity index is 982. The molecule has 6 nitrogen and oxygen atoms in total. The van der Waals surface area contributed by atoms with E-state index < -0.39 is 5.91 Å². The number of pyridine rings is 1. The summed E-state index contributed by atoms with van der Waals surface area (Å²) >= 11 is 0. The SMILES string of the molecule is NC(=O)c1ccc(N2CCC(N)CC2)nc1-c1ccc(Oc2ccccc2)cc1. The number of nitrogens with zero attached hydrogens (tertiary/aromatic N) is 2. The minimum atomic E-state index is -0.496. The number of piperidine rings is 1. The normalized spacial score (nSPS) is 14.6. The first-order valence-electron chi connectivity index (χ1n) is 9.75. The Morgan fingerprint density at radius 1 is 0.931 bits per heavy atom. The van der Waals surface area contributed by atoms with E-state index in [-0.39, 0.29) is 6.04 Å². The quantitative estimate of drug-likeness (QED) is 0.697. The second-order valence-corrected chi connectivity index (χ2v) is 7.19. The summed E-state index contributed by atoms with van der Waals surface area (Å²) in [5, 5.41) is 0. The number of aromatic nitrogens is 1. The lowest BCUT2D eigenvalue weighted by Gasteiger charge is -2.31. The van der Waals surface area contributed by atoms with Crippen LogP contribution in [0.5, 0.6) is 11.5 Å². The number of amides is 1. The van der Waals surface area contributed by atoms with E-state index in [1.165, 1.54) is 0 Å². The highest BCUT2D eigenvalue weighted by molar-refractivity contribution is 5.99. The number of hydrogen-bond acceptors (Lipinski definition) is 5. The molecule has 29 heavy (non-hydrogen) atoms. The van der Waals surface area contributed by atoms with Crippen molar-refractivity contribution in [3.63, 3.8) is 0 Å². The van der Waals surface area contributed by atoms with Crippen LogP contribution in [-0.2, 0) is 0 Å². The fraction of sp³-hybridized carbons (Fsp3) is 0.217. The summed E-state index contributed by atoms with van der Waals surface area (Å²) in [5.74, 6) is 1.81. The summed E-state index contributed by atoms with van der Waals surface area (Å²) in [6.07, 6.45) is 1.86. The highest BCUT2D eigenvalue weighted by atomic mass is 16.5. The van der Waals surface area contributed by atoms with E-state index in [1.807, 2.05) is 60.7 Å². The van der Waals surface area contributed by atoms with E-state index in [9.17, 15) is 4.79 Å². The highest BCUT2D eigenvalue weighted by Crippen LogP contribution is 2.29. The molecule has 1 aliphatic heterocycles. The first kappa shape index (κ1) is 19.0. The van der Waals surface area contributed by atoms with Crippen LogP contribution in [0.3, 0.4) is 0 Å². The smallest absolute Gasteiger partial charge is 0.250 e. The predicted molar refractivity (Wildman–Crippen MR) is 114 cm³/mol. The van der Waals surface area contributed by atoms with Crippen LogP contribution in [0.25, 0.3) is 11.3 Å². The minimum absolute atomic E-state index is 0.243. The van der Waals surface area contributed by atoms with Crippen LogP contribution in [-0.4, -0.2) is 30.0 Å². The number of ether oxygens (including phenoxy) is 1. The summed E-state index contributed by atoms with van der Waals surface area (Å²) in [6, 6.07) is 20.9. The molecular formula is C23H24N4O2. The van der Waals surface area contributed by atoms with E-state index in [0.717, 1.165) is 43.1 Å². The van der Waals surface area contributed by atoms with Crippen molar-refractivity contribution in [1.29, 1.82) is 0 Å². The number of anilines is 1. The van der Waals surface area contributed by atoms with Gasteiger partial charge in [-0.1, -0.05) is 18.2 Å². The molecule has 4 rings (SSSR count). The zero-order valence-electron chi connectivity index (χ0n) is 16.1. The van der Waals surface area contributed by atoms with E-state index >= 15 is 0 Å². The Morgan fingerprint density at radius 2 is 1.59 bits per heavy atom. The van der Waals surface area contributed by atoms with Crippen LogP contribution in [0, 0.1) is 0 Å². The molecule has 0 unspecified atom stereocenters. The molecule has 2 heterocycles. The average molecular weight is 388 g/mol. The monoisotopic (exact) mass is 388 g/mol. The zero-order chi connectivity index (χ0) is 20.2. The molecule has 0 spiro atoms. The molecule has 1 fully saturated rings. The summed E-state index contributed by atoms with van der Waals surface area (Å²) in [5.41, 5.74) is 13.4. The Kier molecular flexibility index (Phi) is 5.44. The molecule has 4 N–H and O–H groups in total. The van der Waals surface area contributed by atoms with Crippen molar-refractivity contribution in [3.05, 3.63) is 72.3 Å². The van der Waals surface area contributed by atoms with Gasteiger partial charge in [0.15, 0.2) is 0 Å². The van der Waals surface area contributed by atoms with Crippen molar-refractivity contribution in [2.75, 3.05) is 18.0 Å². The molecule has 1 aromatic heterocycles. The molecular weight excluding hydrogens is 364 g/mol. The first-order valence-corrected chi connectivity index (χ1v) is 9.75. The van der Waals surface area contributed by atoms with Gasteiger partial charge in [-0.15, -0.1) is 0 Å². The molecule has 0 saturated carbocycles. The molecule has 0 atom stereocenters. The Balaban J connectivity index is 1.62. The highest BCUT2D eigenvalue weighted by Gasteiger charge is 2.20. The number of benzene rings is 2. The maximum atomic E-state index is 12.0. The number of carbonyl (C=O) groups excluding carboxylic acids is 1. The van der Waals surface area contributed by atoms with Crippen LogP contribution in [0.1, 0.15) is 23.2 Å². The average Bonchev–Trinajstić information content (AvgIpc) is 2.75. The van der Waals surface area contributed by atoms with Gasteiger partial charge in [0.1, 0.15) is 17.3 Å². The molecule has 0 aliphatic carbocycles.